The molecule has 1 fully saturated rings. The number of hydrogen-bond donors (Lipinski definition) is 1. The highest BCUT2D eigenvalue weighted by atomic mass is 15.0. The smallest absolute Gasteiger partial charge is 0.144 e. The molecule has 1 aromatic heterocycles. The molecule has 0 radical (unpaired) electrons. The minimum Gasteiger partial charge on any atom is -0.366 e. The van der Waals surface area contributed by atoms with Crippen LogP contribution in [-0.4, -0.2) is 11.0 Å². The summed E-state index contributed by atoms with van der Waals surface area (Å²) in [6.07, 6.45) is 6.28. The van der Waals surface area contributed by atoms with Crippen LogP contribution >= 0.6 is 0 Å². The van der Waals surface area contributed by atoms with Crippen LogP contribution in [-0.2, 0) is 0 Å². The van der Waals surface area contributed by atoms with Gasteiger partial charge in [0.1, 0.15) is 11.9 Å². The van der Waals surface area contributed by atoms with E-state index < -0.39 is 0 Å². The molecule has 18 heavy (non-hydrogen) atoms. The predicted octanol–water partition coefficient (Wildman–Crippen LogP) is 3.82. The minimum absolute atomic E-state index is 0.393. The molecule has 0 aromatic carbocycles. The molecule has 0 aliphatic heterocycles. The molecule has 0 spiro atoms. The molecule has 1 aliphatic carbocycles. The van der Waals surface area contributed by atoms with E-state index in [1.54, 1.807) is 0 Å². The van der Waals surface area contributed by atoms with Gasteiger partial charge in [0.15, 0.2) is 0 Å². The molecule has 1 N–H and O–H groups in total. The topological polar surface area (TPSA) is 48.7 Å². The maximum absolute atomic E-state index is 9.15. The van der Waals surface area contributed by atoms with Crippen molar-refractivity contribution in [3.8, 4) is 6.07 Å². The van der Waals surface area contributed by atoms with Gasteiger partial charge in [-0.05, 0) is 30.9 Å². The Kier molecular flexibility index (Phi) is 4.19. The third-order valence-corrected chi connectivity index (χ3v) is 3.57. The number of nitrogens with one attached hydrogen (secondary N) is 1. The Labute approximate surface area is 109 Å². The van der Waals surface area contributed by atoms with Gasteiger partial charge in [0.25, 0.3) is 0 Å². The van der Waals surface area contributed by atoms with Crippen LogP contribution in [0.4, 0.5) is 5.82 Å². The van der Waals surface area contributed by atoms with Gasteiger partial charge >= 0.3 is 0 Å². The fourth-order valence-electron chi connectivity index (χ4n) is 2.44. The highest BCUT2D eigenvalue weighted by molar-refractivity contribution is 5.53. The summed E-state index contributed by atoms with van der Waals surface area (Å²) in [5.74, 6) is 1.17. The summed E-state index contributed by atoms with van der Waals surface area (Å²) in [6, 6.07) is 6.55. The van der Waals surface area contributed by atoms with E-state index >= 15 is 0 Å². The number of nitrogens with zero attached hydrogens (tertiary/aromatic N) is 2. The Hall–Kier alpha value is -1.56. The number of hydrogen-bond acceptors (Lipinski definition) is 3. The van der Waals surface area contributed by atoms with E-state index in [-0.39, 0.29) is 0 Å². The number of rotatable bonds is 3. The van der Waals surface area contributed by atoms with Crippen molar-refractivity contribution in [2.24, 2.45) is 0 Å². The van der Waals surface area contributed by atoms with Crippen LogP contribution in [0.1, 0.15) is 63.1 Å². The van der Waals surface area contributed by atoms with E-state index in [9.17, 15) is 0 Å². The van der Waals surface area contributed by atoms with Gasteiger partial charge in [0.2, 0.25) is 0 Å². The minimum atomic E-state index is 0.393. The molecule has 0 bridgehead atoms. The molecule has 0 unspecified atom stereocenters. The molecule has 0 amide bonds. The molecular weight excluding hydrogens is 222 g/mol. The van der Waals surface area contributed by atoms with E-state index in [0.717, 1.165) is 11.5 Å². The molecule has 1 aliphatic rings. The predicted molar refractivity (Wildman–Crippen MR) is 73.5 cm³/mol. The maximum atomic E-state index is 9.15. The van der Waals surface area contributed by atoms with E-state index in [2.05, 4.69) is 30.2 Å². The van der Waals surface area contributed by atoms with Crippen LogP contribution in [0.3, 0.4) is 0 Å². The molecule has 0 atom stereocenters. The standard InChI is InChI=1S/C15H21N3/c1-11(2)14-9-8-12(10-16)15(18-14)17-13-6-4-3-5-7-13/h8-9,11,13H,3-7H2,1-2H3,(H,17,18). The molecule has 0 saturated heterocycles. The van der Waals surface area contributed by atoms with Crippen LogP contribution in [0.2, 0.25) is 0 Å². The summed E-state index contributed by atoms with van der Waals surface area (Å²) in [6.45, 7) is 4.25. The Morgan fingerprint density at radius 1 is 1.28 bits per heavy atom. The van der Waals surface area contributed by atoms with Gasteiger partial charge in [0, 0.05) is 11.7 Å². The lowest BCUT2D eigenvalue weighted by atomic mass is 9.95. The fraction of sp³-hybridized carbons (Fsp3) is 0.600. The van der Waals surface area contributed by atoms with E-state index in [1.165, 1.54) is 32.1 Å². The van der Waals surface area contributed by atoms with Crippen molar-refractivity contribution in [1.29, 1.82) is 5.26 Å². The highest BCUT2D eigenvalue weighted by Gasteiger charge is 2.16. The van der Waals surface area contributed by atoms with Crippen molar-refractivity contribution < 1.29 is 0 Å². The second-order valence-electron chi connectivity index (χ2n) is 5.38. The fourth-order valence-corrected chi connectivity index (χ4v) is 2.44. The Balaban J connectivity index is 2.18. The van der Waals surface area contributed by atoms with Crippen LogP contribution in [0.5, 0.6) is 0 Å². The molecule has 1 aromatic rings. The van der Waals surface area contributed by atoms with Crippen LogP contribution in [0, 0.1) is 11.3 Å². The summed E-state index contributed by atoms with van der Waals surface area (Å²) in [7, 11) is 0. The third-order valence-electron chi connectivity index (χ3n) is 3.57. The molecule has 2 rings (SSSR count). The summed E-state index contributed by atoms with van der Waals surface area (Å²) in [4.78, 5) is 4.60. The van der Waals surface area contributed by atoms with Crippen molar-refractivity contribution in [1.82, 2.24) is 4.98 Å². The second kappa shape index (κ2) is 5.86. The van der Waals surface area contributed by atoms with Crippen molar-refractivity contribution in [2.75, 3.05) is 5.32 Å². The first kappa shape index (κ1) is 12.9. The largest absolute Gasteiger partial charge is 0.366 e. The van der Waals surface area contributed by atoms with Gasteiger partial charge in [-0.25, -0.2) is 4.98 Å². The van der Waals surface area contributed by atoms with E-state index in [0.29, 0.717) is 17.5 Å². The molecular formula is C15H21N3. The number of anilines is 1. The molecule has 3 nitrogen and oxygen atoms in total. The zero-order valence-corrected chi connectivity index (χ0v) is 11.2. The quantitative estimate of drug-likeness (QED) is 0.878. The monoisotopic (exact) mass is 243 g/mol. The highest BCUT2D eigenvalue weighted by Crippen LogP contribution is 2.24. The third kappa shape index (κ3) is 3.01. The average Bonchev–Trinajstić information content (AvgIpc) is 2.39. The van der Waals surface area contributed by atoms with Gasteiger partial charge in [0.05, 0.1) is 5.56 Å². The number of aromatic nitrogens is 1. The van der Waals surface area contributed by atoms with E-state index in [4.69, 9.17) is 5.26 Å². The molecule has 1 saturated carbocycles. The summed E-state index contributed by atoms with van der Waals surface area (Å²) in [5, 5.41) is 12.6. The van der Waals surface area contributed by atoms with Crippen molar-refractivity contribution in [3.63, 3.8) is 0 Å². The van der Waals surface area contributed by atoms with Gasteiger partial charge in [-0.15, -0.1) is 0 Å². The normalized spacial score (nSPS) is 16.6. The summed E-state index contributed by atoms with van der Waals surface area (Å²) >= 11 is 0. The lowest BCUT2D eigenvalue weighted by Crippen LogP contribution is -2.23. The van der Waals surface area contributed by atoms with Crippen molar-refractivity contribution in [3.05, 3.63) is 23.4 Å². The van der Waals surface area contributed by atoms with Gasteiger partial charge < -0.3 is 5.32 Å². The first-order valence-corrected chi connectivity index (χ1v) is 6.88. The number of nitriles is 1. The maximum Gasteiger partial charge on any atom is 0.144 e. The zero-order chi connectivity index (χ0) is 13.0. The lowest BCUT2D eigenvalue weighted by molar-refractivity contribution is 0.461. The van der Waals surface area contributed by atoms with Gasteiger partial charge in [-0.3, -0.25) is 0 Å². The Morgan fingerprint density at radius 3 is 2.61 bits per heavy atom. The zero-order valence-electron chi connectivity index (χ0n) is 11.2. The van der Waals surface area contributed by atoms with Crippen LogP contribution in [0.15, 0.2) is 12.1 Å². The Bertz CT molecular complexity index is 440. The lowest BCUT2D eigenvalue weighted by Gasteiger charge is -2.24. The SMILES string of the molecule is CC(C)c1ccc(C#N)c(NC2CCCCC2)n1. The van der Waals surface area contributed by atoms with E-state index in [1.807, 2.05) is 12.1 Å². The van der Waals surface area contributed by atoms with Crippen LogP contribution in [0.25, 0.3) is 0 Å². The Morgan fingerprint density at radius 2 is 2.00 bits per heavy atom. The number of pyridine rings is 1. The molecule has 1 heterocycles. The first-order valence-electron chi connectivity index (χ1n) is 6.88. The summed E-state index contributed by atoms with van der Waals surface area (Å²) in [5.41, 5.74) is 1.71. The van der Waals surface area contributed by atoms with Gasteiger partial charge in [-0.2, -0.15) is 5.26 Å². The average molecular weight is 243 g/mol. The van der Waals surface area contributed by atoms with Gasteiger partial charge in [-0.1, -0.05) is 33.1 Å². The second-order valence-corrected chi connectivity index (χ2v) is 5.38. The first-order chi connectivity index (χ1) is 8.70. The van der Waals surface area contributed by atoms with Crippen molar-refractivity contribution in [2.45, 2.75) is 57.9 Å². The summed E-state index contributed by atoms with van der Waals surface area (Å²) < 4.78 is 0. The van der Waals surface area contributed by atoms with Crippen molar-refractivity contribution >= 4 is 5.82 Å². The molecule has 96 valence electrons. The van der Waals surface area contributed by atoms with Crippen LogP contribution < -0.4 is 5.32 Å². The molecule has 3 heteroatoms.